The van der Waals surface area contributed by atoms with Gasteiger partial charge in [0.2, 0.25) is 0 Å². The molecule has 0 amide bonds. The Kier molecular flexibility index (Phi) is 3.49. The smallest absolute Gasteiger partial charge is 0.105 e. The summed E-state index contributed by atoms with van der Waals surface area (Å²) < 4.78 is 2.11. The molecule has 0 fully saturated rings. The molecule has 0 aromatic carbocycles. The van der Waals surface area contributed by atoms with Crippen molar-refractivity contribution in [2.45, 2.75) is 32.7 Å². The molecule has 0 saturated heterocycles. The molecule has 4 nitrogen and oxygen atoms in total. The fraction of sp³-hybridized carbons (Fsp3) is 0.556. The SMILES string of the molecule is Cc1nccn1CCCCC(=N)N. The zero-order chi connectivity index (χ0) is 9.68. The summed E-state index contributed by atoms with van der Waals surface area (Å²) in [7, 11) is 0. The summed E-state index contributed by atoms with van der Waals surface area (Å²) in [5, 5.41) is 7.05. The van der Waals surface area contributed by atoms with Gasteiger partial charge in [-0.25, -0.2) is 4.98 Å². The van der Waals surface area contributed by atoms with Crippen LogP contribution in [0, 0.1) is 12.3 Å². The Hall–Kier alpha value is -1.32. The number of aromatic nitrogens is 2. The van der Waals surface area contributed by atoms with Crippen molar-refractivity contribution in [2.24, 2.45) is 5.73 Å². The summed E-state index contributed by atoms with van der Waals surface area (Å²) in [5.74, 6) is 1.32. The second kappa shape index (κ2) is 4.64. The highest BCUT2D eigenvalue weighted by atomic mass is 15.0. The Morgan fingerprint density at radius 3 is 2.92 bits per heavy atom. The average molecular weight is 180 g/mol. The highest BCUT2D eigenvalue weighted by Crippen LogP contribution is 2.01. The fourth-order valence-electron chi connectivity index (χ4n) is 1.24. The van der Waals surface area contributed by atoms with E-state index in [9.17, 15) is 0 Å². The number of nitrogens with one attached hydrogen (secondary N) is 1. The van der Waals surface area contributed by atoms with Crippen molar-refractivity contribution in [2.75, 3.05) is 0 Å². The molecule has 3 N–H and O–H groups in total. The van der Waals surface area contributed by atoms with Gasteiger partial charge >= 0.3 is 0 Å². The van der Waals surface area contributed by atoms with Crippen LogP contribution in [0.25, 0.3) is 0 Å². The quantitative estimate of drug-likeness (QED) is 0.407. The molecule has 0 radical (unpaired) electrons. The number of unbranched alkanes of at least 4 members (excludes halogenated alkanes) is 1. The topological polar surface area (TPSA) is 67.7 Å². The third-order valence-electron chi connectivity index (χ3n) is 2.02. The first-order chi connectivity index (χ1) is 6.20. The Labute approximate surface area is 78.3 Å². The van der Waals surface area contributed by atoms with Crippen molar-refractivity contribution in [1.29, 1.82) is 5.41 Å². The van der Waals surface area contributed by atoms with Gasteiger partial charge < -0.3 is 10.3 Å². The van der Waals surface area contributed by atoms with Gasteiger partial charge in [-0.1, -0.05) is 0 Å². The number of hydrogen-bond donors (Lipinski definition) is 2. The van der Waals surface area contributed by atoms with Gasteiger partial charge in [0, 0.05) is 25.4 Å². The van der Waals surface area contributed by atoms with Crippen molar-refractivity contribution in [3.63, 3.8) is 0 Å². The van der Waals surface area contributed by atoms with Crippen LogP contribution >= 0.6 is 0 Å². The third-order valence-corrected chi connectivity index (χ3v) is 2.02. The molecular weight excluding hydrogens is 164 g/mol. The lowest BCUT2D eigenvalue weighted by Crippen LogP contribution is -2.09. The first kappa shape index (κ1) is 9.77. The molecule has 1 heterocycles. The van der Waals surface area contributed by atoms with E-state index in [0.29, 0.717) is 6.42 Å². The molecule has 72 valence electrons. The number of amidine groups is 1. The molecule has 1 aromatic heterocycles. The van der Waals surface area contributed by atoms with Crippen LogP contribution in [0.15, 0.2) is 12.4 Å². The van der Waals surface area contributed by atoms with Crippen LogP contribution in [0.2, 0.25) is 0 Å². The maximum absolute atomic E-state index is 7.05. The van der Waals surface area contributed by atoms with E-state index in [2.05, 4.69) is 9.55 Å². The Morgan fingerprint density at radius 1 is 1.62 bits per heavy atom. The van der Waals surface area contributed by atoms with Crippen LogP contribution in [0.3, 0.4) is 0 Å². The van der Waals surface area contributed by atoms with E-state index in [1.165, 1.54) is 0 Å². The molecule has 4 heteroatoms. The van der Waals surface area contributed by atoms with E-state index in [1.807, 2.05) is 13.1 Å². The lowest BCUT2D eigenvalue weighted by Gasteiger charge is -2.03. The molecule has 0 bridgehead atoms. The fourth-order valence-corrected chi connectivity index (χ4v) is 1.24. The first-order valence-corrected chi connectivity index (χ1v) is 4.51. The van der Waals surface area contributed by atoms with E-state index >= 15 is 0 Å². The van der Waals surface area contributed by atoms with E-state index in [1.54, 1.807) is 6.20 Å². The minimum absolute atomic E-state index is 0.280. The summed E-state index contributed by atoms with van der Waals surface area (Å²) in [6, 6.07) is 0. The van der Waals surface area contributed by atoms with E-state index < -0.39 is 0 Å². The van der Waals surface area contributed by atoms with Gasteiger partial charge in [-0.15, -0.1) is 0 Å². The van der Waals surface area contributed by atoms with Gasteiger partial charge in [-0.05, 0) is 19.8 Å². The van der Waals surface area contributed by atoms with Crippen LogP contribution in [-0.2, 0) is 6.54 Å². The number of aryl methyl sites for hydroxylation is 2. The number of hydrogen-bond acceptors (Lipinski definition) is 2. The first-order valence-electron chi connectivity index (χ1n) is 4.51. The Morgan fingerprint density at radius 2 is 2.38 bits per heavy atom. The minimum Gasteiger partial charge on any atom is -0.388 e. The highest BCUT2D eigenvalue weighted by Gasteiger charge is 1.96. The molecule has 0 saturated carbocycles. The molecule has 1 aromatic rings. The van der Waals surface area contributed by atoms with Crippen molar-refractivity contribution >= 4 is 5.84 Å². The zero-order valence-corrected chi connectivity index (χ0v) is 7.95. The Bertz CT molecular complexity index is 277. The molecule has 13 heavy (non-hydrogen) atoms. The standard InChI is InChI=1S/C9H16N4/c1-8-12-5-7-13(8)6-3-2-4-9(10)11/h5,7H,2-4,6H2,1H3,(H3,10,11). The van der Waals surface area contributed by atoms with Gasteiger partial charge in [0.1, 0.15) is 5.82 Å². The zero-order valence-electron chi connectivity index (χ0n) is 7.95. The molecule has 1 rings (SSSR count). The summed E-state index contributed by atoms with van der Waals surface area (Å²) in [5.41, 5.74) is 5.25. The predicted molar refractivity (Wildman–Crippen MR) is 52.7 cm³/mol. The summed E-state index contributed by atoms with van der Waals surface area (Å²) >= 11 is 0. The van der Waals surface area contributed by atoms with Crippen LogP contribution in [0.5, 0.6) is 0 Å². The van der Waals surface area contributed by atoms with Crippen molar-refractivity contribution < 1.29 is 0 Å². The maximum atomic E-state index is 7.05. The van der Waals surface area contributed by atoms with E-state index in [-0.39, 0.29) is 5.84 Å². The van der Waals surface area contributed by atoms with Crippen LogP contribution in [-0.4, -0.2) is 15.4 Å². The second-order valence-corrected chi connectivity index (χ2v) is 3.15. The maximum Gasteiger partial charge on any atom is 0.105 e. The minimum atomic E-state index is 0.280. The van der Waals surface area contributed by atoms with Gasteiger partial charge in [0.25, 0.3) is 0 Å². The predicted octanol–water partition coefficient (Wildman–Crippen LogP) is 1.30. The summed E-state index contributed by atoms with van der Waals surface area (Å²) in [6.07, 6.45) is 6.51. The van der Waals surface area contributed by atoms with E-state index in [0.717, 1.165) is 25.2 Å². The number of imidazole rings is 1. The van der Waals surface area contributed by atoms with Gasteiger partial charge in [-0.3, -0.25) is 5.41 Å². The monoisotopic (exact) mass is 180 g/mol. The average Bonchev–Trinajstić information content (AvgIpc) is 2.45. The van der Waals surface area contributed by atoms with Gasteiger partial charge in [0.15, 0.2) is 0 Å². The second-order valence-electron chi connectivity index (χ2n) is 3.15. The number of nitrogens with zero attached hydrogens (tertiary/aromatic N) is 2. The molecule has 0 aliphatic carbocycles. The molecule has 0 unspecified atom stereocenters. The summed E-state index contributed by atoms with van der Waals surface area (Å²) in [4.78, 5) is 4.13. The van der Waals surface area contributed by atoms with Gasteiger partial charge in [-0.2, -0.15) is 0 Å². The molecule has 0 aliphatic rings. The van der Waals surface area contributed by atoms with Crippen molar-refractivity contribution in [3.05, 3.63) is 18.2 Å². The van der Waals surface area contributed by atoms with Crippen molar-refractivity contribution in [3.8, 4) is 0 Å². The number of nitrogens with two attached hydrogens (primary N) is 1. The van der Waals surface area contributed by atoms with Crippen molar-refractivity contribution in [1.82, 2.24) is 9.55 Å². The largest absolute Gasteiger partial charge is 0.388 e. The lowest BCUT2D eigenvalue weighted by molar-refractivity contribution is 0.604. The Balaban J connectivity index is 2.20. The van der Waals surface area contributed by atoms with Crippen LogP contribution in [0.1, 0.15) is 25.1 Å². The molecule has 0 atom stereocenters. The normalized spacial score (nSPS) is 10.2. The molecule has 0 aliphatic heterocycles. The van der Waals surface area contributed by atoms with Crippen LogP contribution in [0.4, 0.5) is 0 Å². The molecular formula is C9H16N4. The third kappa shape index (κ3) is 3.27. The highest BCUT2D eigenvalue weighted by molar-refractivity contribution is 5.76. The van der Waals surface area contributed by atoms with Crippen LogP contribution < -0.4 is 5.73 Å². The number of rotatable bonds is 5. The van der Waals surface area contributed by atoms with Gasteiger partial charge in [0.05, 0.1) is 5.84 Å². The van der Waals surface area contributed by atoms with E-state index in [4.69, 9.17) is 11.1 Å². The molecule has 0 spiro atoms. The summed E-state index contributed by atoms with van der Waals surface area (Å²) in [6.45, 7) is 2.96. The lowest BCUT2D eigenvalue weighted by atomic mass is 10.2.